The fraction of sp³-hybridized carbons (Fsp3) is 0.556. The van der Waals surface area contributed by atoms with Gasteiger partial charge in [-0.1, -0.05) is 0 Å². The van der Waals surface area contributed by atoms with E-state index in [0.717, 1.165) is 25.9 Å². The van der Waals surface area contributed by atoms with Crippen molar-refractivity contribution in [1.82, 2.24) is 4.90 Å². The first-order valence-electron chi connectivity index (χ1n) is 8.40. The van der Waals surface area contributed by atoms with Crippen LogP contribution in [0.4, 0.5) is 0 Å². The molecule has 2 heterocycles. The number of piperidine rings is 1. The minimum Gasteiger partial charge on any atom is -0.486 e. The van der Waals surface area contributed by atoms with Crippen LogP contribution in [0.2, 0.25) is 0 Å². The summed E-state index contributed by atoms with van der Waals surface area (Å²) in [5, 5.41) is 0. The van der Waals surface area contributed by atoms with Gasteiger partial charge in [0.2, 0.25) is 0 Å². The summed E-state index contributed by atoms with van der Waals surface area (Å²) in [5.41, 5.74) is 0.687. The highest BCUT2D eigenvalue weighted by Crippen LogP contribution is 2.32. The molecule has 0 amide bonds. The Kier molecular flexibility index (Phi) is 5.35. The molecule has 2 aliphatic heterocycles. The number of benzene rings is 1. The summed E-state index contributed by atoms with van der Waals surface area (Å²) >= 11 is 0. The predicted octanol–water partition coefficient (Wildman–Crippen LogP) is 1.92. The summed E-state index contributed by atoms with van der Waals surface area (Å²) < 4.78 is 15.7. The number of hydrogen-bond donors (Lipinski definition) is 0. The Bertz CT molecular complexity index is 607. The number of carbonyl (C=O) groups excluding carboxylic acids is 2. The Morgan fingerprint density at radius 2 is 1.88 bits per heavy atom. The Morgan fingerprint density at radius 3 is 2.58 bits per heavy atom. The molecule has 0 atom stereocenters. The van der Waals surface area contributed by atoms with Gasteiger partial charge in [0.05, 0.1) is 13.5 Å². The van der Waals surface area contributed by atoms with E-state index < -0.39 is 0 Å². The zero-order valence-corrected chi connectivity index (χ0v) is 14.0. The van der Waals surface area contributed by atoms with Gasteiger partial charge in [0.1, 0.15) is 13.2 Å². The number of Topliss-reactive ketones (excluding diaryl/α,β-unsaturated/α-hetero) is 1. The molecule has 0 N–H and O–H groups in total. The topological polar surface area (TPSA) is 65.1 Å². The number of rotatable bonds is 5. The van der Waals surface area contributed by atoms with Crippen LogP contribution in [-0.2, 0) is 9.53 Å². The van der Waals surface area contributed by atoms with Gasteiger partial charge in [0.25, 0.3) is 0 Å². The number of fused-ring (bicyclic) bond motifs is 1. The van der Waals surface area contributed by atoms with Gasteiger partial charge < -0.3 is 19.1 Å². The normalized spacial score (nSPS) is 18.2. The zero-order valence-electron chi connectivity index (χ0n) is 14.0. The molecule has 130 valence electrons. The molecule has 2 aliphatic rings. The van der Waals surface area contributed by atoms with Crippen molar-refractivity contribution in [2.24, 2.45) is 5.92 Å². The second-order valence-corrected chi connectivity index (χ2v) is 6.16. The van der Waals surface area contributed by atoms with Gasteiger partial charge in [-0.3, -0.25) is 9.59 Å². The van der Waals surface area contributed by atoms with Gasteiger partial charge >= 0.3 is 5.97 Å². The van der Waals surface area contributed by atoms with Crippen LogP contribution >= 0.6 is 0 Å². The number of hydrogen-bond acceptors (Lipinski definition) is 6. The lowest BCUT2D eigenvalue weighted by Gasteiger charge is -2.31. The molecular weight excluding hydrogens is 310 g/mol. The van der Waals surface area contributed by atoms with E-state index in [1.165, 1.54) is 7.11 Å². The molecule has 0 aliphatic carbocycles. The Balaban J connectivity index is 1.54. The smallest absolute Gasteiger partial charge is 0.306 e. The van der Waals surface area contributed by atoms with Crippen LogP contribution < -0.4 is 9.47 Å². The van der Waals surface area contributed by atoms with Gasteiger partial charge in [-0.15, -0.1) is 0 Å². The van der Waals surface area contributed by atoms with Crippen molar-refractivity contribution in [3.63, 3.8) is 0 Å². The molecule has 24 heavy (non-hydrogen) atoms. The first-order valence-corrected chi connectivity index (χ1v) is 8.40. The van der Waals surface area contributed by atoms with Crippen molar-refractivity contribution < 1.29 is 23.8 Å². The molecule has 1 fully saturated rings. The van der Waals surface area contributed by atoms with E-state index in [1.54, 1.807) is 6.07 Å². The first kappa shape index (κ1) is 16.8. The number of ketones is 1. The Morgan fingerprint density at radius 1 is 1.17 bits per heavy atom. The summed E-state index contributed by atoms with van der Waals surface area (Å²) in [7, 11) is 1.40. The van der Waals surface area contributed by atoms with E-state index in [0.29, 0.717) is 43.2 Å². The van der Waals surface area contributed by atoms with Crippen molar-refractivity contribution in [1.29, 1.82) is 0 Å². The number of carbonyl (C=O) groups is 2. The predicted molar refractivity (Wildman–Crippen MR) is 87.6 cm³/mol. The molecule has 3 rings (SSSR count). The fourth-order valence-electron chi connectivity index (χ4n) is 3.20. The number of ether oxygens (including phenoxy) is 3. The highest BCUT2D eigenvalue weighted by Gasteiger charge is 2.27. The van der Waals surface area contributed by atoms with Gasteiger partial charge in [0.15, 0.2) is 17.3 Å². The summed E-state index contributed by atoms with van der Waals surface area (Å²) in [6.45, 7) is 3.42. The monoisotopic (exact) mass is 333 g/mol. The quantitative estimate of drug-likeness (QED) is 0.606. The molecule has 0 saturated carbocycles. The lowest BCUT2D eigenvalue weighted by molar-refractivity contribution is -0.141. The third kappa shape index (κ3) is 3.87. The number of likely N-dealkylation sites (tertiary alicyclic amines) is 1. The van der Waals surface area contributed by atoms with E-state index in [1.807, 2.05) is 12.1 Å². The van der Waals surface area contributed by atoms with Crippen molar-refractivity contribution >= 4 is 11.8 Å². The van der Waals surface area contributed by atoms with Crippen molar-refractivity contribution in [3.8, 4) is 11.5 Å². The number of esters is 1. The van der Waals surface area contributed by atoms with Gasteiger partial charge in [0, 0.05) is 18.0 Å². The third-order valence-electron chi connectivity index (χ3n) is 4.64. The summed E-state index contributed by atoms with van der Waals surface area (Å²) in [6, 6.07) is 5.42. The Labute approximate surface area is 141 Å². The molecule has 6 heteroatoms. The molecule has 6 nitrogen and oxygen atoms in total. The van der Waals surface area contributed by atoms with Crippen LogP contribution in [0.25, 0.3) is 0 Å². The molecule has 0 radical (unpaired) electrons. The second kappa shape index (κ2) is 7.66. The molecule has 0 unspecified atom stereocenters. The number of nitrogens with zero attached hydrogens (tertiary/aromatic N) is 1. The molecule has 1 aromatic carbocycles. The second-order valence-electron chi connectivity index (χ2n) is 6.16. The molecule has 0 spiro atoms. The SMILES string of the molecule is COC(=O)CCN1CCC(C(=O)c2ccc3c(c2)OCCO3)CC1. The number of methoxy groups -OCH3 is 1. The zero-order chi connectivity index (χ0) is 16.9. The average molecular weight is 333 g/mol. The van der Waals surface area contributed by atoms with E-state index in [9.17, 15) is 9.59 Å². The highest BCUT2D eigenvalue weighted by atomic mass is 16.6. The van der Waals surface area contributed by atoms with Crippen LogP contribution in [0, 0.1) is 5.92 Å². The van der Waals surface area contributed by atoms with Crippen molar-refractivity contribution in [3.05, 3.63) is 23.8 Å². The first-order chi connectivity index (χ1) is 11.7. The summed E-state index contributed by atoms with van der Waals surface area (Å²) in [6.07, 6.45) is 2.03. The highest BCUT2D eigenvalue weighted by molar-refractivity contribution is 5.98. The average Bonchev–Trinajstić information content (AvgIpc) is 2.65. The van der Waals surface area contributed by atoms with Crippen LogP contribution in [0.15, 0.2) is 18.2 Å². The van der Waals surface area contributed by atoms with Crippen LogP contribution in [0.1, 0.15) is 29.6 Å². The van der Waals surface area contributed by atoms with E-state index in [2.05, 4.69) is 9.64 Å². The van der Waals surface area contributed by atoms with Crippen LogP contribution in [0.5, 0.6) is 11.5 Å². The van der Waals surface area contributed by atoms with Gasteiger partial charge in [-0.05, 0) is 44.1 Å². The van der Waals surface area contributed by atoms with E-state index in [-0.39, 0.29) is 17.7 Å². The standard InChI is InChI=1S/C18H23NO5/c1-22-17(20)6-9-19-7-4-13(5-8-19)18(21)14-2-3-15-16(12-14)24-11-10-23-15/h2-3,12-13H,4-11H2,1H3. The van der Waals surface area contributed by atoms with Crippen LogP contribution in [0.3, 0.4) is 0 Å². The van der Waals surface area contributed by atoms with Crippen LogP contribution in [-0.4, -0.2) is 56.6 Å². The molecule has 0 aromatic heterocycles. The summed E-state index contributed by atoms with van der Waals surface area (Å²) in [4.78, 5) is 26.1. The van der Waals surface area contributed by atoms with Crippen molar-refractivity contribution in [2.45, 2.75) is 19.3 Å². The molecule has 0 bridgehead atoms. The molecule has 1 saturated heterocycles. The fourth-order valence-corrected chi connectivity index (χ4v) is 3.20. The van der Waals surface area contributed by atoms with E-state index >= 15 is 0 Å². The third-order valence-corrected chi connectivity index (χ3v) is 4.64. The lowest BCUT2D eigenvalue weighted by atomic mass is 9.88. The maximum absolute atomic E-state index is 12.7. The Hall–Kier alpha value is -2.08. The molecular formula is C18H23NO5. The van der Waals surface area contributed by atoms with Gasteiger partial charge in [-0.25, -0.2) is 0 Å². The summed E-state index contributed by atoms with van der Waals surface area (Å²) in [5.74, 6) is 1.36. The minimum atomic E-state index is -0.190. The van der Waals surface area contributed by atoms with Crippen molar-refractivity contribution in [2.75, 3.05) is 40.0 Å². The maximum Gasteiger partial charge on any atom is 0.306 e. The maximum atomic E-state index is 12.7. The minimum absolute atomic E-state index is 0.0296. The van der Waals surface area contributed by atoms with Gasteiger partial charge in [-0.2, -0.15) is 0 Å². The molecule has 1 aromatic rings. The largest absolute Gasteiger partial charge is 0.486 e. The lowest BCUT2D eigenvalue weighted by Crippen LogP contribution is -2.37. The van der Waals surface area contributed by atoms with E-state index in [4.69, 9.17) is 9.47 Å².